The molecule has 0 amide bonds. The van der Waals surface area contributed by atoms with Crippen LogP contribution < -0.4 is 22.5 Å². The van der Waals surface area contributed by atoms with Crippen LogP contribution in [0.5, 0.6) is 0 Å². The Morgan fingerprint density at radius 1 is 1.11 bits per heavy atom. The molecule has 19 heavy (non-hydrogen) atoms. The number of hydrogen-bond donors (Lipinski definition) is 2. The highest BCUT2D eigenvalue weighted by molar-refractivity contribution is 5.33. The molecule has 2 rings (SSSR count). The lowest BCUT2D eigenvalue weighted by atomic mass is 10.4. The molecule has 0 spiro atoms. The summed E-state index contributed by atoms with van der Waals surface area (Å²) in [5.41, 5.74) is 3.85. The molecule has 0 aliphatic carbocycles. The molecular formula is C11H11FN4O3. The van der Waals surface area contributed by atoms with Crippen molar-refractivity contribution in [1.29, 1.82) is 0 Å². The summed E-state index contributed by atoms with van der Waals surface area (Å²) in [7, 11) is 0. The van der Waals surface area contributed by atoms with E-state index in [1.807, 2.05) is 4.98 Å². The van der Waals surface area contributed by atoms with Crippen molar-refractivity contribution in [2.24, 2.45) is 0 Å². The maximum absolute atomic E-state index is 13.0. The first kappa shape index (κ1) is 12.8. The molecule has 0 atom stereocenters. The molecule has 0 bridgehead atoms. The van der Waals surface area contributed by atoms with Crippen LogP contribution in [0.15, 0.2) is 38.9 Å². The Morgan fingerprint density at radius 3 is 2.53 bits per heavy atom. The lowest BCUT2D eigenvalue weighted by molar-refractivity contribution is 0.510. The van der Waals surface area contributed by atoms with Crippen LogP contribution in [0.25, 0.3) is 0 Å². The average Bonchev–Trinajstić information content (AvgIpc) is 2.36. The van der Waals surface area contributed by atoms with Crippen LogP contribution in [0.2, 0.25) is 0 Å². The topological polar surface area (TPSA) is 103 Å². The number of H-pyrrole nitrogens is 1. The van der Waals surface area contributed by atoms with E-state index >= 15 is 0 Å². The lowest BCUT2D eigenvalue weighted by Crippen LogP contribution is -2.33. The van der Waals surface area contributed by atoms with Gasteiger partial charge in [0.15, 0.2) is 0 Å². The smallest absolute Gasteiger partial charge is 0.328 e. The molecule has 3 N–H and O–H groups in total. The number of nitrogens with two attached hydrogens (primary N) is 1. The number of rotatable bonds is 3. The van der Waals surface area contributed by atoms with E-state index in [0.29, 0.717) is 5.69 Å². The molecule has 0 fully saturated rings. The van der Waals surface area contributed by atoms with Gasteiger partial charge in [-0.2, -0.15) is 4.39 Å². The van der Waals surface area contributed by atoms with Gasteiger partial charge >= 0.3 is 5.69 Å². The second kappa shape index (κ2) is 4.92. The molecule has 7 nitrogen and oxygen atoms in total. The summed E-state index contributed by atoms with van der Waals surface area (Å²) < 4.78 is 15.3. The Labute approximate surface area is 105 Å². The highest BCUT2D eigenvalue weighted by Crippen LogP contribution is 1.96. The van der Waals surface area contributed by atoms with Crippen molar-refractivity contribution in [3.63, 3.8) is 0 Å². The summed E-state index contributed by atoms with van der Waals surface area (Å²) >= 11 is 0. The van der Waals surface area contributed by atoms with E-state index in [-0.39, 0.29) is 18.6 Å². The van der Waals surface area contributed by atoms with Gasteiger partial charge in [0.2, 0.25) is 5.82 Å². The summed E-state index contributed by atoms with van der Waals surface area (Å²) in [6.45, 7) is 0.172. The van der Waals surface area contributed by atoms with Crippen molar-refractivity contribution in [1.82, 2.24) is 14.1 Å². The van der Waals surface area contributed by atoms with E-state index < -0.39 is 17.1 Å². The molecule has 0 unspecified atom stereocenters. The van der Waals surface area contributed by atoms with E-state index in [4.69, 9.17) is 5.73 Å². The average molecular weight is 266 g/mol. The van der Waals surface area contributed by atoms with E-state index in [9.17, 15) is 18.8 Å². The third-order valence-corrected chi connectivity index (χ3v) is 2.56. The number of nitrogens with zero attached hydrogens (tertiary/aromatic N) is 2. The van der Waals surface area contributed by atoms with Crippen molar-refractivity contribution in [3.8, 4) is 0 Å². The molecule has 0 saturated carbocycles. The third-order valence-electron chi connectivity index (χ3n) is 2.56. The zero-order chi connectivity index (χ0) is 14.0. The van der Waals surface area contributed by atoms with E-state index in [2.05, 4.69) is 0 Å². The number of hydrogen-bond acceptors (Lipinski definition) is 4. The minimum Gasteiger partial charge on any atom is -0.398 e. The fourth-order valence-corrected chi connectivity index (χ4v) is 1.59. The van der Waals surface area contributed by atoms with Crippen molar-refractivity contribution in [2.75, 3.05) is 5.73 Å². The third kappa shape index (κ3) is 2.79. The minimum absolute atomic E-state index is 0.0376. The number of anilines is 1. The number of nitrogen functional groups attached to an aromatic ring is 1. The number of halogens is 1. The number of aryl methyl sites for hydroxylation is 2. The van der Waals surface area contributed by atoms with Gasteiger partial charge < -0.3 is 10.3 Å². The quantitative estimate of drug-likeness (QED) is 0.753. The number of pyridine rings is 1. The van der Waals surface area contributed by atoms with Gasteiger partial charge in [0.05, 0.1) is 6.20 Å². The highest BCUT2D eigenvalue weighted by Gasteiger charge is 2.04. The minimum atomic E-state index is -1.07. The Hall–Kier alpha value is -2.64. The zero-order valence-corrected chi connectivity index (χ0v) is 9.80. The Kier molecular flexibility index (Phi) is 3.32. The van der Waals surface area contributed by atoms with Gasteiger partial charge in [-0.1, -0.05) is 0 Å². The van der Waals surface area contributed by atoms with Gasteiger partial charge in [0.25, 0.3) is 11.1 Å². The van der Waals surface area contributed by atoms with Crippen molar-refractivity contribution in [3.05, 3.63) is 61.5 Å². The zero-order valence-electron chi connectivity index (χ0n) is 9.80. The lowest BCUT2D eigenvalue weighted by Gasteiger charge is -2.08. The van der Waals surface area contributed by atoms with Gasteiger partial charge in [-0.3, -0.25) is 19.1 Å². The van der Waals surface area contributed by atoms with Crippen molar-refractivity contribution >= 4 is 5.69 Å². The standard InChI is InChI=1S/C11H11FN4O3/c12-8-6-16(11(19)14-10(8)18)4-3-15-5-7(13)1-2-9(15)17/h1-2,5-6H,3-4,13H2,(H,14,18,19). The molecule has 8 heteroatoms. The molecule has 0 radical (unpaired) electrons. The predicted octanol–water partition coefficient (Wildman–Crippen LogP) is -0.880. The fraction of sp³-hybridized carbons (Fsp3) is 0.182. The monoisotopic (exact) mass is 266 g/mol. The first-order chi connectivity index (χ1) is 8.97. The predicted molar refractivity (Wildman–Crippen MR) is 66.4 cm³/mol. The molecule has 2 aromatic heterocycles. The maximum atomic E-state index is 13.0. The molecule has 0 aliphatic heterocycles. The largest absolute Gasteiger partial charge is 0.398 e. The maximum Gasteiger partial charge on any atom is 0.328 e. The van der Waals surface area contributed by atoms with Crippen molar-refractivity contribution < 1.29 is 4.39 Å². The summed E-state index contributed by atoms with van der Waals surface area (Å²) in [6, 6.07) is 2.76. The first-order valence-corrected chi connectivity index (χ1v) is 5.42. The molecule has 100 valence electrons. The van der Waals surface area contributed by atoms with Crippen LogP contribution in [-0.2, 0) is 13.1 Å². The van der Waals surface area contributed by atoms with Crippen LogP contribution in [0, 0.1) is 5.82 Å². The molecule has 2 aromatic rings. The SMILES string of the molecule is Nc1ccc(=O)n(CCn2cc(F)c(=O)[nH]c2=O)c1. The molecule has 0 saturated heterocycles. The van der Waals surface area contributed by atoms with Crippen LogP contribution in [0.4, 0.5) is 10.1 Å². The van der Waals surface area contributed by atoms with E-state index in [1.165, 1.54) is 22.9 Å². The summed E-state index contributed by atoms with van der Waals surface area (Å²) in [5.74, 6) is -1.06. The molecule has 0 aliphatic rings. The highest BCUT2D eigenvalue weighted by atomic mass is 19.1. The first-order valence-electron chi connectivity index (χ1n) is 5.42. The summed E-state index contributed by atoms with van der Waals surface area (Å²) in [4.78, 5) is 35.6. The second-order valence-corrected chi connectivity index (χ2v) is 3.92. The number of aromatic nitrogens is 3. The molecular weight excluding hydrogens is 255 g/mol. The van der Waals surface area contributed by atoms with E-state index in [1.54, 1.807) is 0 Å². The van der Waals surface area contributed by atoms with Gasteiger partial charge in [0.1, 0.15) is 0 Å². The number of aromatic amines is 1. The van der Waals surface area contributed by atoms with Gasteiger partial charge in [-0.05, 0) is 6.07 Å². The Morgan fingerprint density at radius 2 is 1.79 bits per heavy atom. The van der Waals surface area contributed by atoms with Crippen molar-refractivity contribution in [2.45, 2.75) is 13.1 Å². The second-order valence-electron chi connectivity index (χ2n) is 3.92. The van der Waals surface area contributed by atoms with Gasteiger partial charge in [0, 0.05) is 31.0 Å². The normalized spacial score (nSPS) is 10.6. The number of nitrogens with one attached hydrogen (secondary N) is 1. The molecule has 2 heterocycles. The Balaban J connectivity index is 2.26. The fourth-order valence-electron chi connectivity index (χ4n) is 1.59. The summed E-state index contributed by atoms with van der Waals surface area (Å²) in [6.07, 6.45) is 2.23. The van der Waals surface area contributed by atoms with Gasteiger partial charge in [-0.25, -0.2) is 4.79 Å². The summed E-state index contributed by atoms with van der Waals surface area (Å²) in [5, 5.41) is 0. The van der Waals surface area contributed by atoms with E-state index in [0.717, 1.165) is 10.8 Å². The molecule has 0 aromatic carbocycles. The van der Waals surface area contributed by atoms with Crippen LogP contribution in [0.3, 0.4) is 0 Å². The van der Waals surface area contributed by atoms with Crippen LogP contribution in [0.1, 0.15) is 0 Å². The Bertz CT molecular complexity index is 774. The van der Waals surface area contributed by atoms with Gasteiger partial charge in [-0.15, -0.1) is 0 Å². The van der Waals surface area contributed by atoms with Crippen LogP contribution >= 0.6 is 0 Å². The van der Waals surface area contributed by atoms with Crippen LogP contribution in [-0.4, -0.2) is 14.1 Å².